The van der Waals surface area contributed by atoms with Gasteiger partial charge in [0.1, 0.15) is 17.4 Å². The van der Waals surface area contributed by atoms with Gasteiger partial charge in [-0.15, -0.1) is 11.6 Å². The molecule has 2 aromatic heterocycles. The standard InChI is InChI=1S/C15H12BrClF4N2O2.C15H22ClNO2.C15H12F3NO4S.C3H8NO5P/c1-6(2)25-14(24)7-4-8(10(18)5-9(7)17)12-11(16)13(15(19,20)21)23(3)22-12;1-5-13-8-6-7-11(2)15(13)17(14(18)9-16)12(3)10-19-4;1-24(21,22)12-6-9(15(16,17)18)4-5-10(12)13(20)11-7-19-23-14(11)8-2-3-8;5-3(6)1-4-2-10(7,8)9/h4-6H,1-3H3;6-8,12H,5,9-10H2,1-4H3;4-8H,2-3H2,1H3;4H,1-2H2,(H,5,6)(H2,7,8,9). The topological polar surface area (TPSA) is 258 Å². The molecule has 4 N–H and O–H groups in total. The van der Waals surface area contributed by atoms with Gasteiger partial charge in [0.15, 0.2) is 27.1 Å². The van der Waals surface area contributed by atoms with Crippen LogP contribution in [0.5, 0.6) is 0 Å². The van der Waals surface area contributed by atoms with E-state index in [0.717, 1.165) is 67.6 Å². The van der Waals surface area contributed by atoms with Gasteiger partial charge < -0.3 is 33.8 Å². The molecule has 78 heavy (non-hydrogen) atoms. The van der Waals surface area contributed by atoms with E-state index >= 15 is 0 Å². The van der Waals surface area contributed by atoms with E-state index in [9.17, 15) is 62.9 Å². The fraction of sp³-hybridized carbons (Fsp3) is 0.417. The Kier molecular flexibility index (Phi) is 24.3. The molecule has 0 bridgehead atoms. The fourth-order valence-corrected chi connectivity index (χ4v) is 9.60. The second-order valence-corrected chi connectivity index (χ2v) is 22.5. The van der Waals surface area contributed by atoms with Crippen molar-refractivity contribution >= 4 is 85.9 Å². The van der Waals surface area contributed by atoms with Gasteiger partial charge in [0, 0.05) is 37.5 Å². The number of carboxylic acids is 1. The fourth-order valence-electron chi connectivity index (χ4n) is 7.17. The van der Waals surface area contributed by atoms with Gasteiger partial charge in [-0.25, -0.2) is 17.6 Å². The molecule has 1 unspecified atom stereocenters. The summed E-state index contributed by atoms with van der Waals surface area (Å²) in [6.45, 7) is 9.35. The van der Waals surface area contributed by atoms with Crippen LogP contribution < -0.4 is 10.2 Å². The zero-order chi connectivity index (χ0) is 59.4. The maximum absolute atomic E-state index is 14.3. The van der Waals surface area contributed by atoms with Gasteiger partial charge in [0.05, 0.1) is 74.5 Å². The zero-order valence-corrected chi connectivity index (χ0v) is 47.5. The highest BCUT2D eigenvalue weighted by atomic mass is 79.9. The van der Waals surface area contributed by atoms with Gasteiger partial charge in [-0.1, -0.05) is 41.9 Å². The quantitative estimate of drug-likeness (QED) is 0.0222. The number of aryl methyl sites for hydroxylation is 3. The van der Waals surface area contributed by atoms with Crippen molar-refractivity contribution in [1.82, 2.24) is 20.3 Å². The van der Waals surface area contributed by atoms with Crippen LogP contribution in [0.3, 0.4) is 0 Å². The Morgan fingerprint density at radius 2 is 1.64 bits per heavy atom. The van der Waals surface area contributed by atoms with E-state index in [1.165, 1.54) is 6.20 Å². The molecular weight excluding hydrogens is 1200 g/mol. The molecule has 1 saturated carbocycles. The van der Waals surface area contributed by atoms with Gasteiger partial charge in [0.2, 0.25) is 5.91 Å². The molecule has 0 spiro atoms. The maximum Gasteiger partial charge on any atom is 0.434 e. The number of sulfone groups is 1. The number of nitrogens with one attached hydrogen (secondary N) is 1. The van der Waals surface area contributed by atoms with Crippen molar-refractivity contribution in [2.24, 2.45) is 7.05 Å². The van der Waals surface area contributed by atoms with Crippen molar-refractivity contribution in [3.8, 4) is 11.3 Å². The first-order valence-electron chi connectivity index (χ1n) is 22.8. The number of hydrogen-bond donors (Lipinski definition) is 4. The molecule has 430 valence electrons. The molecule has 5 aromatic rings. The summed E-state index contributed by atoms with van der Waals surface area (Å²) in [4.78, 5) is 64.1. The molecule has 1 aliphatic carbocycles. The third-order valence-electron chi connectivity index (χ3n) is 10.6. The highest BCUT2D eigenvalue weighted by Gasteiger charge is 2.40. The van der Waals surface area contributed by atoms with Crippen molar-refractivity contribution in [3.63, 3.8) is 0 Å². The summed E-state index contributed by atoms with van der Waals surface area (Å²) in [5, 5.41) is 17.1. The van der Waals surface area contributed by atoms with Crippen molar-refractivity contribution in [2.45, 2.75) is 89.2 Å². The van der Waals surface area contributed by atoms with Gasteiger partial charge in [-0.2, -0.15) is 31.4 Å². The number of alkyl halides is 7. The summed E-state index contributed by atoms with van der Waals surface area (Å²) in [6.07, 6.45) is -6.01. The number of halogens is 10. The van der Waals surface area contributed by atoms with E-state index in [1.807, 2.05) is 26.0 Å². The number of hydrogen-bond acceptors (Lipinski definition) is 13. The number of aliphatic carboxylic acids is 1. The molecule has 0 radical (unpaired) electrons. The number of aromatic nitrogens is 3. The molecular formula is C48H54BrCl2F7N5O13PS. The largest absolute Gasteiger partial charge is 0.480 e. The summed E-state index contributed by atoms with van der Waals surface area (Å²) in [5.74, 6) is -3.31. The number of nitrogens with zero attached hydrogens (tertiary/aromatic N) is 4. The number of benzene rings is 3. The summed E-state index contributed by atoms with van der Waals surface area (Å²) < 4.78 is 141. The highest BCUT2D eigenvalue weighted by Crippen LogP contribution is 2.43. The number of rotatable bonds is 17. The highest BCUT2D eigenvalue weighted by molar-refractivity contribution is 9.10. The molecule has 1 aliphatic rings. The van der Waals surface area contributed by atoms with Gasteiger partial charge in [-0.3, -0.25) is 28.9 Å². The smallest absolute Gasteiger partial charge is 0.434 e. The summed E-state index contributed by atoms with van der Waals surface area (Å²) in [6, 6.07) is 9.95. The Labute approximate surface area is 461 Å². The second-order valence-electron chi connectivity index (χ2n) is 17.4. The molecule has 0 aliphatic heterocycles. The van der Waals surface area contributed by atoms with Crippen LogP contribution in [0.4, 0.5) is 36.4 Å². The lowest BCUT2D eigenvalue weighted by atomic mass is 10.0. The average molecular weight is 1260 g/mol. The van der Waals surface area contributed by atoms with E-state index in [2.05, 4.69) is 44.5 Å². The van der Waals surface area contributed by atoms with Crippen LogP contribution in [0.1, 0.15) is 101 Å². The molecule has 6 rings (SSSR count). The molecule has 3 aromatic carbocycles. The molecule has 30 heteroatoms. The minimum Gasteiger partial charge on any atom is -0.480 e. The predicted octanol–water partition coefficient (Wildman–Crippen LogP) is 10.4. The minimum atomic E-state index is -4.71. The van der Waals surface area contributed by atoms with E-state index in [0.29, 0.717) is 29.2 Å². The van der Waals surface area contributed by atoms with Crippen LogP contribution >= 0.6 is 46.7 Å². The molecule has 18 nitrogen and oxygen atoms in total. The second kappa shape index (κ2) is 28.3. The monoisotopic (exact) mass is 1250 g/mol. The van der Waals surface area contributed by atoms with Crippen molar-refractivity contribution < 1.29 is 91.8 Å². The van der Waals surface area contributed by atoms with Crippen LogP contribution in [0.15, 0.2) is 68.6 Å². The first-order valence-corrected chi connectivity index (χ1v) is 28.2. The summed E-state index contributed by atoms with van der Waals surface area (Å²) in [7, 11) is -5.42. The first-order chi connectivity index (χ1) is 36.0. The Morgan fingerprint density at radius 1 is 1.01 bits per heavy atom. The minimum absolute atomic E-state index is 0.0223. The van der Waals surface area contributed by atoms with Crippen LogP contribution in [0.2, 0.25) is 5.02 Å². The molecule has 1 fully saturated rings. The first kappa shape index (κ1) is 67.0. The predicted molar refractivity (Wildman–Crippen MR) is 276 cm³/mol. The third kappa shape index (κ3) is 19.0. The number of ether oxygens (including phenoxy) is 2. The lowest BCUT2D eigenvalue weighted by Crippen LogP contribution is -2.43. The number of para-hydroxylation sites is 1. The van der Waals surface area contributed by atoms with E-state index in [4.69, 9.17) is 52.1 Å². The number of methoxy groups -OCH3 is 1. The number of anilines is 1. The van der Waals surface area contributed by atoms with E-state index < -0.39 is 92.9 Å². The lowest BCUT2D eigenvalue weighted by molar-refractivity contribution is -0.144. The van der Waals surface area contributed by atoms with E-state index in [-0.39, 0.29) is 56.7 Å². The molecule has 1 atom stereocenters. The van der Waals surface area contributed by atoms with Crippen LogP contribution in [-0.2, 0) is 59.3 Å². The molecule has 2 heterocycles. The molecule has 1 amide bonds. The van der Waals surface area contributed by atoms with Crippen molar-refractivity contribution in [2.75, 3.05) is 43.6 Å². The van der Waals surface area contributed by atoms with Gasteiger partial charge >= 0.3 is 31.9 Å². The lowest BCUT2D eigenvalue weighted by Gasteiger charge is -2.31. The average Bonchev–Trinajstić information content (AvgIpc) is 3.95. The van der Waals surface area contributed by atoms with Gasteiger partial charge in [0.25, 0.3) is 0 Å². The van der Waals surface area contributed by atoms with E-state index in [1.54, 1.807) is 25.9 Å². The third-order valence-corrected chi connectivity index (χ3v) is 13.7. The van der Waals surface area contributed by atoms with Crippen LogP contribution in [0, 0.1) is 12.7 Å². The van der Waals surface area contributed by atoms with Crippen molar-refractivity contribution in [1.29, 1.82) is 0 Å². The normalized spacial score (nSPS) is 13.0. The Balaban J connectivity index is 0.000000285. The number of ketones is 1. The molecule has 0 saturated heterocycles. The summed E-state index contributed by atoms with van der Waals surface area (Å²) in [5.41, 5.74) is -0.0194. The number of amides is 1. The Hall–Kier alpha value is -5.25. The SMILES string of the molecule is CC(C)OC(=O)c1cc(-c2nn(C)c(C(F)(F)F)c2Br)c(F)cc1Cl.CCc1cccc(C)c1N(C(=O)CCl)C(C)COC.CS(=O)(=O)c1cc(C(F)(F)F)ccc1C(=O)c1cnoc1C1CC1.O=C(O)CNCP(=O)(O)O. The zero-order valence-electron chi connectivity index (χ0n) is 42.7. The summed E-state index contributed by atoms with van der Waals surface area (Å²) >= 11 is 14.4. The number of carbonyl (C=O) groups is 4. The van der Waals surface area contributed by atoms with Crippen LogP contribution in [-0.4, -0.2) is 113 Å². The number of carbonyl (C=O) groups excluding carboxylic acids is 3. The Bertz CT molecular complexity index is 3110. The number of esters is 1. The van der Waals surface area contributed by atoms with Gasteiger partial charge in [-0.05, 0) is 104 Å². The number of carboxylic acid groups (broad SMARTS) is 1. The van der Waals surface area contributed by atoms with Crippen LogP contribution in [0.25, 0.3) is 11.3 Å². The van der Waals surface area contributed by atoms with Crippen molar-refractivity contribution in [3.05, 3.63) is 115 Å². The Morgan fingerprint density at radius 3 is 2.13 bits per heavy atom. The maximum atomic E-state index is 14.3.